The molecule has 1 heteroatoms. The van der Waals surface area contributed by atoms with Gasteiger partial charge in [-0.05, 0) is 28.7 Å². The smallest absolute Gasteiger partial charge is 0.126 e. The Morgan fingerprint density at radius 2 is 1.10 bits per heavy atom. The van der Waals surface area contributed by atoms with Gasteiger partial charge in [-0.15, -0.1) is 0 Å². The van der Waals surface area contributed by atoms with Gasteiger partial charge < -0.3 is 4.74 Å². The molecule has 0 N–H and O–H groups in total. The lowest BCUT2D eigenvalue weighted by atomic mass is 9.75. The maximum Gasteiger partial charge on any atom is 0.126 e. The Balaban J connectivity index is 3.75. The molecule has 0 heterocycles. The molecule has 0 aliphatic carbocycles. The molecule has 21 heavy (non-hydrogen) atoms. The van der Waals surface area contributed by atoms with Gasteiger partial charge in [0.1, 0.15) is 5.75 Å². The van der Waals surface area contributed by atoms with Gasteiger partial charge in [-0.1, -0.05) is 74.4 Å². The van der Waals surface area contributed by atoms with E-state index in [1.54, 1.807) is 0 Å². The molecule has 1 aromatic carbocycles. The molecule has 0 atom stereocenters. The zero-order valence-electron chi connectivity index (χ0n) is 15.8. The molecule has 1 aromatic rings. The molecular weight excluding hydrogens is 256 g/mol. The average Bonchev–Trinajstić information content (AvgIpc) is 2.24. The third kappa shape index (κ3) is 4.25. The van der Waals surface area contributed by atoms with Crippen LogP contribution in [0.4, 0.5) is 0 Å². The molecule has 0 aliphatic rings. The molecule has 0 radical (unpaired) electrons. The normalized spacial score (nSPS) is 13.4. The van der Waals surface area contributed by atoms with Gasteiger partial charge in [0.15, 0.2) is 0 Å². The molecule has 0 fully saturated rings. The summed E-state index contributed by atoms with van der Waals surface area (Å²) in [6.45, 7) is 23.2. The second-order valence-corrected chi connectivity index (χ2v) is 9.08. The van der Waals surface area contributed by atoms with E-state index in [0.29, 0.717) is 6.61 Å². The molecule has 0 saturated carbocycles. The Morgan fingerprint density at radius 1 is 0.714 bits per heavy atom. The van der Waals surface area contributed by atoms with Crippen LogP contribution in [0, 0.1) is 0 Å². The summed E-state index contributed by atoms with van der Waals surface area (Å²) < 4.78 is 6.09. The van der Waals surface area contributed by atoms with Crippen LogP contribution in [0.25, 0.3) is 0 Å². The number of benzene rings is 1. The van der Waals surface area contributed by atoms with Crippen molar-refractivity contribution in [3.8, 4) is 5.75 Å². The van der Waals surface area contributed by atoms with Gasteiger partial charge in [-0.3, -0.25) is 0 Å². The predicted molar refractivity (Wildman–Crippen MR) is 93.7 cm³/mol. The highest BCUT2D eigenvalue weighted by molar-refractivity contribution is 5.52. The Bertz CT molecular complexity index is 455. The fourth-order valence-electron chi connectivity index (χ4n) is 2.48. The highest BCUT2D eigenvalue weighted by atomic mass is 16.5. The second kappa shape index (κ2) is 5.66. The molecule has 1 rings (SSSR count). The minimum Gasteiger partial charge on any atom is -0.493 e. The zero-order valence-corrected chi connectivity index (χ0v) is 15.8. The van der Waals surface area contributed by atoms with Crippen LogP contribution < -0.4 is 4.74 Å². The summed E-state index contributed by atoms with van der Waals surface area (Å²) in [7, 11) is 0. The van der Waals surface area contributed by atoms with Gasteiger partial charge in [-0.2, -0.15) is 0 Å². The van der Waals surface area contributed by atoms with Crippen LogP contribution in [-0.4, -0.2) is 6.61 Å². The maximum absolute atomic E-state index is 6.09. The molecule has 0 unspecified atom stereocenters. The average molecular weight is 290 g/mol. The summed E-state index contributed by atoms with van der Waals surface area (Å²) in [5.74, 6) is 1.09. The van der Waals surface area contributed by atoms with Crippen molar-refractivity contribution in [1.29, 1.82) is 0 Å². The van der Waals surface area contributed by atoms with Crippen LogP contribution in [0.15, 0.2) is 12.1 Å². The van der Waals surface area contributed by atoms with Crippen LogP contribution >= 0.6 is 0 Å². The minimum absolute atomic E-state index is 0.0752. The number of hydrogen-bond donors (Lipinski definition) is 0. The fourth-order valence-corrected chi connectivity index (χ4v) is 2.48. The fraction of sp³-hybridized carbons (Fsp3) is 0.700. The Morgan fingerprint density at radius 3 is 1.33 bits per heavy atom. The topological polar surface area (TPSA) is 9.23 Å². The van der Waals surface area contributed by atoms with Crippen molar-refractivity contribution in [2.45, 2.75) is 85.5 Å². The van der Waals surface area contributed by atoms with Crippen LogP contribution in [0.2, 0.25) is 0 Å². The van der Waals surface area contributed by atoms with Gasteiger partial charge in [0.25, 0.3) is 0 Å². The lowest BCUT2D eigenvalue weighted by Gasteiger charge is -2.33. The molecule has 0 aliphatic heterocycles. The first-order valence-corrected chi connectivity index (χ1v) is 8.10. The summed E-state index contributed by atoms with van der Waals surface area (Å²) in [5.41, 5.74) is 4.33. The molecule has 0 saturated heterocycles. The van der Waals surface area contributed by atoms with E-state index in [1.165, 1.54) is 16.7 Å². The molecule has 0 spiro atoms. The van der Waals surface area contributed by atoms with Crippen molar-refractivity contribution in [3.05, 3.63) is 28.8 Å². The summed E-state index contributed by atoms with van der Waals surface area (Å²) in [6, 6.07) is 4.69. The van der Waals surface area contributed by atoms with Gasteiger partial charge in [0.05, 0.1) is 6.61 Å². The van der Waals surface area contributed by atoms with Crippen molar-refractivity contribution in [3.63, 3.8) is 0 Å². The van der Waals surface area contributed by atoms with E-state index < -0.39 is 0 Å². The van der Waals surface area contributed by atoms with Crippen molar-refractivity contribution < 1.29 is 4.74 Å². The lowest BCUT2D eigenvalue weighted by molar-refractivity contribution is 0.319. The maximum atomic E-state index is 6.09. The van der Waals surface area contributed by atoms with Crippen molar-refractivity contribution in [1.82, 2.24) is 0 Å². The zero-order chi connectivity index (χ0) is 16.6. The van der Waals surface area contributed by atoms with Gasteiger partial charge in [0.2, 0.25) is 0 Å². The summed E-state index contributed by atoms with van der Waals surface area (Å²) in [5, 5.41) is 0. The molecule has 0 aromatic heterocycles. The summed E-state index contributed by atoms with van der Waals surface area (Å²) >= 11 is 0. The van der Waals surface area contributed by atoms with E-state index >= 15 is 0 Å². The van der Waals surface area contributed by atoms with E-state index in [2.05, 4.69) is 81.4 Å². The van der Waals surface area contributed by atoms with E-state index in [-0.39, 0.29) is 16.2 Å². The first-order valence-electron chi connectivity index (χ1n) is 8.10. The molecule has 1 nitrogen and oxygen atoms in total. The van der Waals surface area contributed by atoms with Crippen molar-refractivity contribution in [2.24, 2.45) is 0 Å². The van der Waals surface area contributed by atoms with Crippen molar-refractivity contribution >= 4 is 0 Å². The largest absolute Gasteiger partial charge is 0.493 e. The molecule has 120 valence electrons. The quantitative estimate of drug-likeness (QED) is 0.651. The predicted octanol–water partition coefficient (Wildman–Crippen LogP) is 5.98. The van der Waals surface area contributed by atoms with E-state index in [9.17, 15) is 0 Å². The lowest BCUT2D eigenvalue weighted by Crippen LogP contribution is -2.23. The SMILES string of the molecule is CCOc1c(C(C)(C)C)cc(C(C)(C)C)cc1C(C)(C)C. The Hall–Kier alpha value is -0.980. The number of ether oxygens (including phenoxy) is 1. The highest BCUT2D eigenvalue weighted by Gasteiger charge is 2.29. The highest BCUT2D eigenvalue weighted by Crippen LogP contribution is 2.42. The standard InChI is InChI=1S/C20H34O/c1-11-21-17-15(19(5,6)7)12-14(18(2,3)4)13-16(17)20(8,9)10/h12-13H,11H2,1-10H3. The summed E-state index contributed by atoms with van der Waals surface area (Å²) in [6.07, 6.45) is 0. The van der Waals surface area contributed by atoms with Gasteiger partial charge >= 0.3 is 0 Å². The Labute approximate surface area is 132 Å². The van der Waals surface area contributed by atoms with E-state index in [0.717, 1.165) is 5.75 Å². The number of rotatable bonds is 2. The monoisotopic (exact) mass is 290 g/mol. The first kappa shape index (κ1) is 18.1. The second-order valence-electron chi connectivity index (χ2n) is 9.08. The molecule has 0 amide bonds. The van der Waals surface area contributed by atoms with E-state index in [4.69, 9.17) is 4.74 Å². The minimum atomic E-state index is 0.0752. The third-order valence-corrected chi connectivity index (χ3v) is 3.86. The van der Waals surface area contributed by atoms with Crippen LogP contribution in [0.1, 0.15) is 85.9 Å². The van der Waals surface area contributed by atoms with Crippen LogP contribution in [0.3, 0.4) is 0 Å². The molecule has 0 bridgehead atoms. The van der Waals surface area contributed by atoms with Crippen LogP contribution in [-0.2, 0) is 16.2 Å². The van der Waals surface area contributed by atoms with Gasteiger partial charge in [-0.25, -0.2) is 0 Å². The summed E-state index contributed by atoms with van der Waals surface area (Å²) in [4.78, 5) is 0. The van der Waals surface area contributed by atoms with Crippen LogP contribution in [0.5, 0.6) is 5.75 Å². The number of hydrogen-bond acceptors (Lipinski definition) is 1. The van der Waals surface area contributed by atoms with E-state index in [1.807, 2.05) is 0 Å². The third-order valence-electron chi connectivity index (χ3n) is 3.86. The molecular formula is C20H34O. The van der Waals surface area contributed by atoms with Gasteiger partial charge in [0, 0.05) is 11.1 Å². The first-order chi connectivity index (χ1) is 9.28. The Kier molecular flexibility index (Phi) is 4.87. The van der Waals surface area contributed by atoms with Crippen molar-refractivity contribution in [2.75, 3.05) is 6.61 Å².